The van der Waals surface area contributed by atoms with E-state index in [-0.39, 0.29) is 24.3 Å². The van der Waals surface area contributed by atoms with Crippen molar-refractivity contribution in [2.45, 2.75) is 19.9 Å². The first-order chi connectivity index (χ1) is 13.5. The summed E-state index contributed by atoms with van der Waals surface area (Å²) >= 11 is 0. The summed E-state index contributed by atoms with van der Waals surface area (Å²) in [6.07, 6.45) is 3.73. The fraction of sp³-hybridized carbons (Fsp3) is 0.350. The third kappa shape index (κ3) is 4.39. The zero-order valence-electron chi connectivity index (χ0n) is 16.6. The Kier molecular flexibility index (Phi) is 6.46. The fourth-order valence-corrected chi connectivity index (χ4v) is 3.43. The van der Waals surface area contributed by atoms with Crippen LogP contribution >= 0.6 is 12.4 Å². The predicted molar refractivity (Wildman–Crippen MR) is 112 cm³/mol. The second kappa shape index (κ2) is 8.86. The lowest BCUT2D eigenvalue weighted by molar-refractivity contribution is 0.190. The minimum absolute atomic E-state index is 0. The molecule has 1 aliphatic rings. The van der Waals surface area contributed by atoms with Crippen molar-refractivity contribution in [1.29, 1.82) is 0 Å². The topological polar surface area (TPSA) is 72.0 Å². The summed E-state index contributed by atoms with van der Waals surface area (Å²) in [6, 6.07) is 6.39. The molecule has 1 saturated heterocycles. The first kappa shape index (κ1) is 21.2. The molecule has 0 aliphatic carbocycles. The van der Waals surface area contributed by atoms with Gasteiger partial charge in [0.2, 0.25) is 0 Å². The molecule has 0 amide bonds. The number of hydrogen-bond acceptors (Lipinski definition) is 6. The average Bonchev–Trinajstić information content (AvgIpc) is 3.26. The molecule has 1 atom stereocenters. The Morgan fingerprint density at radius 3 is 2.69 bits per heavy atom. The lowest BCUT2D eigenvalue weighted by atomic mass is 10.2. The van der Waals surface area contributed by atoms with Crippen LogP contribution in [0.25, 0.3) is 17.8 Å². The van der Waals surface area contributed by atoms with Crippen molar-refractivity contribution in [3.05, 3.63) is 58.7 Å². The van der Waals surface area contributed by atoms with Gasteiger partial charge in [0.05, 0.1) is 17.4 Å². The molecule has 9 heteroatoms. The number of rotatable bonds is 4. The van der Waals surface area contributed by atoms with E-state index < -0.39 is 0 Å². The van der Waals surface area contributed by atoms with E-state index in [9.17, 15) is 4.39 Å². The highest BCUT2D eigenvalue weighted by Gasteiger charge is 2.24. The monoisotopic (exact) mass is 418 g/mol. The molecule has 3 aromatic rings. The fourth-order valence-electron chi connectivity index (χ4n) is 3.43. The molecule has 29 heavy (non-hydrogen) atoms. The third-order valence-corrected chi connectivity index (χ3v) is 5.08. The van der Waals surface area contributed by atoms with Crippen molar-refractivity contribution in [2.24, 2.45) is 0 Å². The van der Waals surface area contributed by atoms with E-state index in [1.165, 1.54) is 12.1 Å². The number of benzene rings is 1. The Labute approximate surface area is 175 Å². The standard InChI is InChI=1S/C20H23FN6O.ClH/c1-13-17(14(2)27(24-13)16-6-4-15(21)5-7-16)8-9-19-23-20(25-28-19)18-12-22-10-11-26(18)3;/h4-9,18,22H,10-12H2,1-3H3;1H/b9-8+;. The number of nitrogens with one attached hydrogen (secondary N) is 1. The highest BCUT2D eigenvalue weighted by atomic mass is 35.5. The summed E-state index contributed by atoms with van der Waals surface area (Å²) < 4.78 is 20.4. The van der Waals surface area contributed by atoms with Gasteiger partial charge in [-0.2, -0.15) is 10.1 Å². The molecule has 4 rings (SSSR count). The molecule has 1 N–H and O–H groups in total. The molecular weight excluding hydrogens is 395 g/mol. The number of nitrogens with zero attached hydrogens (tertiary/aromatic N) is 5. The van der Waals surface area contributed by atoms with Gasteiger partial charge in [-0.25, -0.2) is 9.07 Å². The van der Waals surface area contributed by atoms with Crippen LogP contribution in [0.2, 0.25) is 0 Å². The molecule has 0 spiro atoms. The van der Waals surface area contributed by atoms with E-state index in [0.717, 1.165) is 42.3 Å². The lowest BCUT2D eigenvalue weighted by Gasteiger charge is -2.30. The Morgan fingerprint density at radius 2 is 1.97 bits per heavy atom. The minimum atomic E-state index is -0.267. The molecule has 1 aromatic carbocycles. The lowest BCUT2D eigenvalue weighted by Crippen LogP contribution is -2.44. The summed E-state index contributed by atoms with van der Waals surface area (Å²) in [5.74, 6) is 0.878. The van der Waals surface area contributed by atoms with Crippen LogP contribution < -0.4 is 5.32 Å². The van der Waals surface area contributed by atoms with Gasteiger partial charge in [0.1, 0.15) is 5.82 Å². The van der Waals surface area contributed by atoms with Crippen molar-refractivity contribution in [3.8, 4) is 5.69 Å². The smallest absolute Gasteiger partial charge is 0.250 e. The largest absolute Gasteiger partial charge is 0.335 e. The van der Waals surface area contributed by atoms with E-state index in [1.54, 1.807) is 22.9 Å². The van der Waals surface area contributed by atoms with Crippen LogP contribution in [0.4, 0.5) is 4.39 Å². The van der Waals surface area contributed by atoms with E-state index in [0.29, 0.717) is 11.7 Å². The molecule has 3 heterocycles. The van der Waals surface area contributed by atoms with Crippen LogP contribution in [0.5, 0.6) is 0 Å². The first-order valence-electron chi connectivity index (χ1n) is 9.28. The number of aryl methyl sites for hydroxylation is 1. The molecule has 0 radical (unpaired) electrons. The summed E-state index contributed by atoms with van der Waals surface area (Å²) in [6.45, 7) is 6.64. The Bertz CT molecular complexity index is 997. The van der Waals surface area contributed by atoms with Gasteiger partial charge in [0.15, 0.2) is 5.82 Å². The van der Waals surface area contributed by atoms with E-state index >= 15 is 0 Å². The van der Waals surface area contributed by atoms with Gasteiger partial charge in [-0.15, -0.1) is 12.4 Å². The maximum Gasteiger partial charge on any atom is 0.250 e. The molecule has 1 unspecified atom stereocenters. The second-order valence-corrected chi connectivity index (χ2v) is 7.00. The molecule has 0 saturated carbocycles. The van der Waals surface area contributed by atoms with Crippen LogP contribution in [0.1, 0.15) is 34.7 Å². The van der Waals surface area contributed by atoms with E-state index in [2.05, 4.69) is 32.5 Å². The Hall–Kier alpha value is -2.55. The summed E-state index contributed by atoms with van der Waals surface area (Å²) in [5, 5.41) is 12.1. The molecule has 0 bridgehead atoms. The minimum Gasteiger partial charge on any atom is -0.335 e. The van der Waals surface area contributed by atoms with Crippen LogP contribution in [-0.2, 0) is 0 Å². The molecule has 7 nitrogen and oxygen atoms in total. The average molecular weight is 419 g/mol. The van der Waals surface area contributed by atoms with Gasteiger partial charge in [0.25, 0.3) is 5.89 Å². The van der Waals surface area contributed by atoms with Crippen molar-refractivity contribution >= 4 is 24.6 Å². The maximum atomic E-state index is 13.2. The number of halogens is 2. The quantitative estimate of drug-likeness (QED) is 0.701. The van der Waals surface area contributed by atoms with Crippen molar-refractivity contribution in [1.82, 2.24) is 30.1 Å². The third-order valence-electron chi connectivity index (χ3n) is 5.08. The summed E-state index contributed by atoms with van der Waals surface area (Å²) in [5.41, 5.74) is 3.61. The van der Waals surface area contributed by atoms with E-state index in [1.807, 2.05) is 19.9 Å². The number of likely N-dealkylation sites (N-methyl/N-ethyl adjacent to an activating group) is 1. The van der Waals surface area contributed by atoms with Crippen LogP contribution in [0, 0.1) is 19.7 Å². The molecule has 1 aliphatic heterocycles. The van der Waals surface area contributed by atoms with Crippen molar-refractivity contribution in [3.63, 3.8) is 0 Å². The van der Waals surface area contributed by atoms with Gasteiger partial charge in [0, 0.05) is 37.0 Å². The molecular formula is C20H24ClFN6O. The number of piperazine rings is 1. The summed E-state index contributed by atoms with van der Waals surface area (Å²) in [4.78, 5) is 6.74. The van der Waals surface area contributed by atoms with Gasteiger partial charge in [-0.1, -0.05) is 5.16 Å². The zero-order valence-corrected chi connectivity index (χ0v) is 17.4. The normalized spacial score (nSPS) is 17.6. The van der Waals surface area contributed by atoms with E-state index in [4.69, 9.17) is 4.52 Å². The molecule has 154 valence electrons. The van der Waals surface area contributed by atoms with Gasteiger partial charge in [-0.3, -0.25) is 4.90 Å². The van der Waals surface area contributed by atoms with Crippen LogP contribution in [0.15, 0.2) is 28.8 Å². The number of hydrogen-bond donors (Lipinski definition) is 1. The Balaban J connectivity index is 0.00000240. The Morgan fingerprint density at radius 1 is 1.21 bits per heavy atom. The summed E-state index contributed by atoms with van der Waals surface area (Å²) in [7, 11) is 2.06. The highest BCUT2D eigenvalue weighted by Crippen LogP contribution is 2.22. The maximum absolute atomic E-state index is 13.2. The SMILES string of the molecule is Cc1nn(-c2ccc(F)cc2)c(C)c1/C=C/c1nc(C2CNCCN2C)no1.Cl. The second-order valence-electron chi connectivity index (χ2n) is 7.00. The van der Waals surface area contributed by atoms with Gasteiger partial charge < -0.3 is 9.84 Å². The van der Waals surface area contributed by atoms with Gasteiger partial charge >= 0.3 is 0 Å². The highest BCUT2D eigenvalue weighted by molar-refractivity contribution is 5.85. The molecule has 1 fully saturated rings. The predicted octanol–water partition coefficient (Wildman–Crippen LogP) is 3.18. The van der Waals surface area contributed by atoms with Gasteiger partial charge in [-0.05, 0) is 51.2 Å². The zero-order chi connectivity index (χ0) is 19.7. The first-order valence-corrected chi connectivity index (χ1v) is 9.28. The molecule has 2 aromatic heterocycles. The van der Waals surface area contributed by atoms with Crippen molar-refractivity contribution < 1.29 is 8.91 Å². The van der Waals surface area contributed by atoms with Crippen LogP contribution in [0.3, 0.4) is 0 Å². The number of aromatic nitrogens is 4. The van der Waals surface area contributed by atoms with Crippen LogP contribution in [-0.4, -0.2) is 51.5 Å². The van der Waals surface area contributed by atoms with Crippen molar-refractivity contribution in [2.75, 3.05) is 26.7 Å².